The zero-order valence-electron chi connectivity index (χ0n) is 31.3. The number of aryl methyl sites for hydroxylation is 1. The minimum Gasteiger partial charge on any atom is -0.493 e. The summed E-state index contributed by atoms with van der Waals surface area (Å²) in [5, 5.41) is 6.94. The molecule has 54 heavy (non-hydrogen) atoms. The van der Waals surface area contributed by atoms with Gasteiger partial charge in [0.25, 0.3) is 11.8 Å². The van der Waals surface area contributed by atoms with Gasteiger partial charge in [-0.3, -0.25) is 9.59 Å². The van der Waals surface area contributed by atoms with E-state index in [1.165, 1.54) is 0 Å². The molecule has 2 heterocycles. The summed E-state index contributed by atoms with van der Waals surface area (Å²) in [5.41, 5.74) is 8.02. The summed E-state index contributed by atoms with van der Waals surface area (Å²) in [7, 11) is 0. The zero-order chi connectivity index (χ0) is 38.6. The summed E-state index contributed by atoms with van der Waals surface area (Å²) in [6.45, 7) is 12.8. The first-order valence-corrected chi connectivity index (χ1v) is 19.9. The third-order valence-corrected chi connectivity index (χ3v) is 9.90. The predicted octanol–water partition coefficient (Wildman–Crippen LogP) is 10.6. The standard InChI is InChI=1S/C42H40Br2N4O4.C2H6/c1-4-48(5-2)32-17-14-30(13-16-31-15-12-29-9-6-7-10-37(29)46-31)39(25-32)51-20-8-19-45-40(49)26-52-41-35(43)23-28(24-36(41)44)22-34-33-21-27(3)11-18-38(33)47-42(34)50;1-2/h6-7,9-18,21-25H,4-5,8,19-20,26H2,1-3H3,(H,45,49)(H,47,50);1-2H3/b16-13+,34-22-;. The van der Waals surface area contributed by atoms with Crippen molar-refractivity contribution < 1.29 is 19.1 Å². The molecule has 0 fully saturated rings. The van der Waals surface area contributed by atoms with Crippen LogP contribution in [-0.2, 0) is 9.59 Å². The molecular formula is C44H46Br2N4O4. The fourth-order valence-corrected chi connectivity index (χ4v) is 7.46. The molecule has 10 heteroatoms. The van der Waals surface area contributed by atoms with Gasteiger partial charge in [0.2, 0.25) is 0 Å². The first kappa shape index (κ1) is 40.3. The summed E-state index contributed by atoms with van der Waals surface area (Å²) >= 11 is 7.14. The Morgan fingerprint density at radius 2 is 1.67 bits per heavy atom. The normalized spacial score (nSPS) is 12.6. The molecule has 0 spiro atoms. The number of ether oxygens (including phenoxy) is 2. The van der Waals surface area contributed by atoms with Crippen molar-refractivity contribution in [1.82, 2.24) is 10.3 Å². The maximum absolute atomic E-state index is 12.7. The highest BCUT2D eigenvalue weighted by atomic mass is 79.9. The number of carbonyl (C=O) groups is 2. The molecule has 8 nitrogen and oxygen atoms in total. The predicted molar refractivity (Wildman–Crippen MR) is 230 cm³/mol. The summed E-state index contributed by atoms with van der Waals surface area (Å²) in [6.07, 6.45) is 6.49. The number of hydrogen-bond acceptors (Lipinski definition) is 6. The van der Waals surface area contributed by atoms with Crippen molar-refractivity contribution in [1.29, 1.82) is 0 Å². The lowest BCUT2D eigenvalue weighted by atomic mass is 10.0. The molecule has 0 unspecified atom stereocenters. The van der Waals surface area contributed by atoms with E-state index >= 15 is 0 Å². The largest absolute Gasteiger partial charge is 0.493 e. The van der Waals surface area contributed by atoms with Crippen LogP contribution in [0.5, 0.6) is 11.5 Å². The number of aromatic nitrogens is 1. The van der Waals surface area contributed by atoms with Crippen molar-refractivity contribution in [2.24, 2.45) is 0 Å². The molecule has 5 aromatic rings. The van der Waals surface area contributed by atoms with Crippen LogP contribution in [0.4, 0.5) is 11.4 Å². The Morgan fingerprint density at radius 1 is 0.907 bits per heavy atom. The molecule has 0 atom stereocenters. The summed E-state index contributed by atoms with van der Waals surface area (Å²) in [4.78, 5) is 32.4. The molecule has 0 radical (unpaired) electrons. The highest BCUT2D eigenvalue weighted by molar-refractivity contribution is 9.11. The Balaban J connectivity index is 0.00000276. The molecule has 0 saturated heterocycles. The molecule has 0 saturated carbocycles. The SMILES string of the molecule is CC.CCN(CC)c1ccc(/C=C/c2ccc3ccccc3n2)c(OCCCNC(=O)COc2c(Br)cc(/C=C3\C(=O)Nc4ccc(C)cc43)cc2Br)c1. The smallest absolute Gasteiger partial charge is 0.257 e. The molecule has 2 N–H and O–H groups in total. The average Bonchev–Trinajstić information content (AvgIpc) is 3.48. The van der Waals surface area contributed by atoms with Crippen LogP contribution in [0.3, 0.4) is 0 Å². The lowest BCUT2D eigenvalue weighted by Gasteiger charge is -2.22. The molecule has 0 bridgehead atoms. The number of carbonyl (C=O) groups excluding carboxylic acids is 2. The van der Waals surface area contributed by atoms with E-state index in [1.807, 2.05) is 93.6 Å². The molecule has 1 aromatic heterocycles. The van der Waals surface area contributed by atoms with Gasteiger partial charge < -0.3 is 25.0 Å². The molecule has 0 aliphatic carbocycles. The van der Waals surface area contributed by atoms with Crippen molar-refractivity contribution in [3.63, 3.8) is 0 Å². The van der Waals surface area contributed by atoms with E-state index < -0.39 is 0 Å². The molecule has 1 aliphatic rings. The Morgan fingerprint density at radius 3 is 2.43 bits per heavy atom. The van der Waals surface area contributed by atoms with Gasteiger partial charge in [-0.15, -0.1) is 0 Å². The second kappa shape index (κ2) is 19.4. The minimum absolute atomic E-state index is 0.143. The van der Waals surface area contributed by atoms with Gasteiger partial charge in [-0.25, -0.2) is 4.98 Å². The van der Waals surface area contributed by atoms with Crippen LogP contribution in [0.1, 0.15) is 62.1 Å². The van der Waals surface area contributed by atoms with Crippen LogP contribution in [0, 0.1) is 6.92 Å². The fourth-order valence-electron chi connectivity index (χ4n) is 6.00. The van der Waals surface area contributed by atoms with Gasteiger partial charge in [0.1, 0.15) is 11.5 Å². The van der Waals surface area contributed by atoms with E-state index in [9.17, 15) is 9.59 Å². The van der Waals surface area contributed by atoms with Crippen LogP contribution in [0.2, 0.25) is 0 Å². The minimum atomic E-state index is -0.241. The van der Waals surface area contributed by atoms with E-state index in [4.69, 9.17) is 14.5 Å². The van der Waals surface area contributed by atoms with Gasteiger partial charge in [0.05, 0.1) is 26.8 Å². The van der Waals surface area contributed by atoms with E-state index in [0.717, 1.165) is 69.1 Å². The Bertz CT molecular complexity index is 2160. The summed E-state index contributed by atoms with van der Waals surface area (Å²) in [5.74, 6) is 0.892. The van der Waals surface area contributed by atoms with E-state index in [0.29, 0.717) is 39.8 Å². The number of fused-ring (bicyclic) bond motifs is 2. The van der Waals surface area contributed by atoms with Crippen molar-refractivity contribution in [2.45, 2.75) is 41.0 Å². The molecule has 6 rings (SSSR count). The Labute approximate surface area is 334 Å². The topological polar surface area (TPSA) is 92.8 Å². The molecule has 1 aliphatic heterocycles. The number of rotatable bonds is 14. The first-order chi connectivity index (χ1) is 26.2. The second-order valence-electron chi connectivity index (χ2n) is 12.4. The number of benzene rings is 4. The molecular weight excluding hydrogens is 808 g/mol. The molecule has 280 valence electrons. The van der Waals surface area contributed by atoms with Gasteiger partial charge in [0, 0.05) is 59.2 Å². The third kappa shape index (κ3) is 10.2. The lowest BCUT2D eigenvalue weighted by Crippen LogP contribution is -2.30. The molecule has 4 aromatic carbocycles. The van der Waals surface area contributed by atoms with E-state index in [2.05, 4.69) is 91.6 Å². The number of pyridine rings is 1. The quantitative estimate of drug-likeness (QED) is 0.0854. The fraction of sp³-hybridized carbons (Fsp3) is 0.250. The number of hydrogen-bond donors (Lipinski definition) is 2. The third-order valence-electron chi connectivity index (χ3n) is 8.72. The van der Waals surface area contributed by atoms with Crippen LogP contribution in [0.25, 0.3) is 34.7 Å². The number of halogens is 2. The van der Waals surface area contributed by atoms with Crippen molar-refractivity contribution >= 4 is 89.8 Å². The molecule has 2 amide bonds. The number of anilines is 2. The van der Waals surface area contributed by atoms with Crippen LogP contribution < -0.4 is 25.0 Å². The van der Waals surface area contributed by atoms with Crippen LogP contribution >= 0.6 is 31.9 Å². The average molecular weight is 855 g/mol. The maximum atomic E-state index is 12.7. The van der Waals surface area contributed by atoms with E-state index in [-0.39, 0.29) is 18.4 Å². The highest BCUT2D eigenvalue weighted by Gasteiger charge is 2.24. The van der Waals surface area contributed by atoms with Gasteiger partial charge in [-0.05, 0) is 131 Å². The van der Waals surface area contributed by atoms with Crippen molar-refractivity contribution in [2.75, 3.05) is 43.1 Å². The maximum Gasteiger partial charge on any atom is 0.257 e. The number of nitrogens with zero attached hydrogens (tertiary/aromatic N) is 2. The monoisotopic (exact) mass is 852 g/mol. The number of nitrogens with one attached hydrogen (secondary N) is 2. The Kier molecular flexibility index (Phi) is 14.5. The van der Waals surface area contributed by atoms with Gasteiger partial charge in [-0.2, -0.15) is 0 Å². The van der Waals surface area contributed by atoms with Gasteiger partial charge >= 0.3 is 0 Å². The van der Waals surface area contributed by atoms with Crippen molar-refractivity contribution in [3.8, 4) is 11.5 Å². The van der Waals surface area contributed by atoms with Gasteiger partial charge in [0.15, 0.2) is 6.61 Å². The number of para-hydroxylation sites is 1. The van der Waals surface area contributed by atoms with Gasteiger partial charge in [-0.1, -0.05) is 49.7 Å². The second-order valence-corrected chi connectivity index (χ2v) is 14.1. The number of amides is 2. The highest BCUT2D eigenvalue weighted by Crippen LogP contribution is 2.38. The van der Waals surface area contributed by atoms with Crippen LogP contribution in [0.15, 0.2) is 93.9 Å². The first-order valence-electron chi connectivity index (χ1n) is 18.3. The summed E-state index contributed by atoms with van der Waals surface area (Å²) < 4.78 is 13.5. The van der Waals surface area contributed by atoms with Crippen molar-refractivity contribution in [3.05, 3.63) is 122 Å². The summed E-state index contributed by atoms with van der Waals surface area (Å²) in [6, 6.07) is 28.0. The van der Waals surface area contributed by atoms with E-state index in [1.54, 1.807) is 0 Å². The van der Waals surface area contributed by atoms with Crippen LogP contribution in [-0.4, -0.2) is 49.6 Å². The lowest BCUT2D eigenvalue weighted by molar-refractivity contribution is -0.123. The zero-order valence-corrected chi connectivity index (χ0v) is 34.5. The Hall–Kier alpha value is -4.93.